The highest BCUT2D eigenvalue weighted by molar-refractivity contribution is 5.89. The molecule has 3 aromatic rings. The summed E-state index contributed by atoms with van der Waals surface area (Å²) in [7, 11) is 1.26. The number of hydrogen-bond acceptors (Lipinski definition) is 5. The average molecular weight is 381 g/mol. The van der Waals surface area contributed by atoms with Crippen molar-refractivity contribution in [2.75, 3.05) is 7.11 Å². The van der Waals surface area contributed by atoms with Gasteiger partial charge in [0.15, 0.2) is 0 Å². The van der Waals surface area contributed by atoms with Gasteiger partial charge < -0.3 is 14.0 Å². The lowest BCUT2D eigenvalue weighted by atomic mass is 10.1. The number of carbonyl (C=O) groups excluding carboxylic acids is 1. The second-order valence-electron chi connectivity index (χ2n) is 6.94. The van der Waals surface area contributed by atoms with Crippen molar-refractivity contribution in [3.8, 4) is 17.0 Å². The third-order valence-electron chi connectivity index (χ3n) is 4.74. The monoisotopic (exact) mass is 381 g/mol. The molecule has 0 amide bonds. The van der Waals surface area contributed by atoms with Crippen LogP contribution < -0.4 is 4.74 Å². The maximum absolute atomic E-state index is 14.2. The fourth-order valence-corrected chi connectivity index (χ4v) is 2.97. The van der Waals surface area contributed by atoms with Crippen LogP contribution in [0.2, 0.25) is 0 Å². The molecule has 0 atom stereocenters. The lowest BCUT2D eigenvalue weighted by molar-refractivity contribution is 0.0600. The Morgan fingerprint density at radius 3 is 2.82 bits per heavy atom. The van der Waals surface area contributed by atoms with Gasteiger partial charge in [-0.3, -0.25) is 0 Å². The first-order chi connectivity index (χ1) is 13.6. The summed E-state index contributed by atoms with van der Waals surface area (Å²) in [4.78, 5) is 11.5. The van der Waals surface area contributed by atoms with E-state index in [2.05, 4.69) is 9.89 Å². The molecule has 5 nitrogen and oxygen atoms in total. The van der Waals surface area contributed by atoms with Crippen LogP contribution in [-0.2, 0) is 17.8 Å². The zero-order valence-corrected chi connectivity index (χ0v) is 15.5. The summed E-state index contributed by atoms with van der Waals surface area (Å²) >= 11 is 0. The van der Waals surface area contributed by atoms with Crippen molar-refractivity contribution in [3.63, 3.8) is 0 Å². The van der Waals surface area contributed by atoms with E-state index in [1.165, 1.54) is 32.1 Å². The summed E-state index contributed by atoms with van der Waals surface area (Å²) in [5, 5.41) is 4.14. The van der Waals surface area contributed by atoms with Gasteiger partial charge in [0.1, 0.15) is 29.6 Å². The van der Waals surface area contributed by atoms with Crippen molar-refractivity contribution in [1.82, 2.24) is 5.16 Å². The molecule has 28 heavy (non-hydrogen) atoms. The molecule has 0 bridgehead atoms. The molecule has 4 rings (SSSR count). The number of benzene rings is 2. The molecule has 1 aliphatic rings. The normalized spacial score (nSPS) is 13.4. The van der Waals surface area contributed by atoms with Crippen LogP contribution in [0.25, 0.3) is 11.3 Å². The third kappa shape index (κ3) is 4.22. The Labute approximate surface area is 162 Å². The SMILES string of the molecule is COC(=O)c1ccc(COc2cccc(-c3cc(CC4CC4)on3)c2)c(F)c1. The second-order valence-corrected chi connectivity index (χ2v) is 6.94. The minimum absolute atomic E-state index is 0.0441. The number of halogens is 1. The summed E-state index contributed by atoms with van der Waals surface area (Å²) < 4.78 is 29.9. The minimum atomic E-state index is -0.576. The van der Waals surface area contributed by atoms with Crippen molar-refractivity contribution >= 4 is 5.97 Å². The number of aromatic nitrogens is 1. The molecule has 0 saturated heterocycles. The van der Waals surface area contributed by atoms with Gasteiger partial charge in [-0.2, -0.15) is 0 Å². The number of ether oxygens (including phenoxy) is 2. The Kier molecular flexibility index (Phi) is 5.10. The summed E-state index contributed by atoms with van der Waals surface area (Å²) in [5.74, 6) is 1.14. The average Bonchev–Trinajstić information content (AvgIpc) is 3.41. The molecule has 1 aromatic heterocycles. The molecule has 0 unspecified atom stereocenters. The van der Waals surface area contributed by atoms with Gasteiger partial charge in [0.25, 0.3) is 0 Å². The summed E-state index contributed by atoms with van der Waals surface area (Å²) in [5.41, 5.74) is 2.16. The third-order valence-corrected chi connectivity index (χ3v) is 4.74. The van der Waals surface area contributed by atoms with E-state index in [9.17, 15) is 9.18 Å². The van der Waals surface area contributed by atoms with Gasteiger partial charge in [0, 0.05) is 23.6 Å². The van der Waals surface area contributed by atoms with Crippen molar-refractivity contribution in [1.29, 1.82) is 0 Å². The van der Waals surface area contributed by atoms with E-state index in [-0.39, 0.29) is 12.2 Å². The van der Waals surface area contributed by atoms with Crippen LogP contribution in [0.1, 0.15) is 34.5 Å². The Hall–Kier alpha value is -3.15. The first-order valence-corrected chi connectivity index (χ1v) is 9.18. The maximum Gasteiger partial charge on any atom is 0.337 e. The molecule has 0 spiro atoms. The number of esters is 1. The van der Waals surface area contributed by atoms with Gasteiger partial charge >= 0.3 is 5.97 Å². The fourth-order valence-electron chi connectivity index (χ4n) is 2.97. The van der Waals surface area contributed by atoms with Crippen LogP contribution in [0.4, 0.5) is 4.39 Å². The van der Waals surface area contributed by atoms with Gasteiger partial charge in [-0.05, 0) is 43.0 Å². The molecule has 0 N–H and O–H groups in total. The highest BCUT2D eigenvalue weighted by Crippen LogP contribution is 2.33. The first-order valence-electron chi connectivity index (χ1n) is 9.18. The summed E-state index contributed by atoms with van der Waals surface area (Å²) in [6, 6.07) is 13.6. The largest absolute Gasteiger partial charge is 0.489 e. The van der Waals surface area contributed by atoms with E-state index in [1.807, 2.05) is 24.3 Å². The van der Waals surface area contributed by atoms with Crippen LogP contribution in [0.3, 0.4) is 0 Å². The van der Waals surface area contributed by atoms with Gasteiger partial charge in [-0.25, -0.2) is 9.18 Å². The topological polar surface area (TPSA) is 61.6 Å². The van der Waals surface area contributed by atoms with Gasteiger partial charge in [0.2, 0.25) is 0 Å². The smallest absolute Gasteiger partial charge is 0.337 e. The lowest BCUT2D eigenvalue weighted by Crippen LogP contribution is -2.04. The van der Waals surface area contributed by atoms with E-state index >= 15 is 0 Å². The molecule has 0 radical (unpaired) electrons. The molecule has 144 valence electrons. The molecular formula is C22H20FNO4. The van der Waals surface area contributed by atoms with Crippen LogP contribution >= 0.6 is 0 Å². The van der Waals surface area contributed by atoms with Crippen molar-refractivity contribution in [3.05, 3.63) is 71.2 Å². The molecule has 1 fully saturated rings. The highest BCUT2D eigenvalue weighted by Gasteiger charge is 2.23. The van der Waals surface area contributed by atoms with Gasteiger partial charge in [-0.15, -0.1) is 0 Å². The van der Waals surface area contributed by atoms with E-state index in [0.29, 0.717) is 11.3 Å². The Morgan fingerprint density at radius 2 is 2.07 bits per heavy atom. The van der Waals surface area contributed by atoms with E-state index in [4.69, 9.17) is 9.26 Å². The van der Waals surface area contributed by atoms with Crippen molar-refractivity contribution < 1.29 is 23.2 Å². The summed E-state index contributed by atoms with van der Waals surface area (Å²) in [6.07, 6.45) is 3.46. The Balaban J connectivity index is 1.43. The molecule has 1 heterocycles. The second kappa shape index (κ2) is 7.84. The number of rotatable bonds is 7. The van der Waals surface area contributed by atoms with E-state index < -0.39 is 11.8 Å². The van der Waals surface area contributed by atoms with E-state index in [1.54, 1.807) is 6.07 Å². The number of hydrogen-bond donors (Lipinski definition) is 0. The van der Waals surface area contributed by atoms with Crippen LogP contribution in [0.5, 0.6) is 5.75 Å². The predicted molar refractivity (Wildman–Crippen MR) is 100 cm³/mol. The van der Waals surface area contributed by atoms with E-state index in [0.717, 1.165) is 35.4 Å². The quantitative estimate of drug-likeness (QED) is 0.550. The van der Waals surface area contributed by atoms with Crippen molar-refractivity contribution in [2.45, 2.75) is 25.9 Å². The molecule has 0 aliphatic heterocycles. The highest BCUT2D eigenvalue weighted by atomic mass is 19.1. The number of methoxy groups -OCH3 is 1. The minimum Gasteiger partial charge on any atom is -0.489 e. The molecule has 2 aromatic carbocycles. The van der Waals surface area contributed by atoms with Crippen LogP contribution in [-0.4, -0.2) is 18.2 Å². The Morgan fingerprint density at radius 1 is 1.21 bits per heavy atom. The fraction of sp³-hybridized carbons (Fsp3) is 0.273. The number of carbonyl (C=O) groups is 1. The van der Waals surface area contributed by atoms with Crippen LogP contribution in [0, 0.1) is 11.7 Å². The molecule has 1 saturated carbocycles. The lowest BCUT2D eigenvalue weighted by Gasteiger charge is -2.09. The van der Waals surface area contributed by atoms with Crippen LogP contribution in [0.15, 0.2) is 53.1 Å². The Bertz CT molecular complexity index is 994. The van der Waals surface area contributed by atoms with Crippen molar-refractivity contribution in [2.24, 2.45) is 5.92 Å². The molecule has 6 heteroatoms. The van der Waals surface area contributed by atoms with Gasteiger partial charge in [0.05, 0.1) is 12.7 Å². The maximum atomic E-state index is 14.2. The zero-order chi connectivity index (χ0) is 19.5. The molecular weight excluding hydrogens is 361 g/mol. The zero-order valence-electron chi connectivity index (χ0n) is 15.5. The first kappa shape index (κ1) is 18.2. The number of nitrogens with zero attached hydrogens (tertiary/aromatic N) is 1. The van der Waals surface area contributed by atoms with Gasteiger partial charge in [-0.1, -0.05) is 23.4 Å². The predicted octanol–water partition coefficient (Wildman–Crippen LogP) is 4.80. The standard InChI is InChI=1S/C22H20FNO4/c1-26-22(25)16-7-8-17(20(23)11-16)13-27-18-4-2-3-15(10-18)21-12-19(28-24-21)9-14-5-6-14/h2-4,7-8,10-12,14H,5-6,9,13H2,1H3. The summed E-state index contributed by atoms with van der Waals surface area (Å²) in [6.45, 7) is 0.0441. The molecule has 1 aliphatic carbocycles.